The van der Waals surface area contributed by atoms with Crippen molar-refractivity contribution in [3.63, 3.8) is 0 Å². The third kappa shape index (κ3) is 3.81. The van der Waals surface area contributed by atoms with E-state index in [1.54, 1.807) is 24.3 Å². The lowest BCUT2D eigenvalue weighted by Gasteiger charge is -2.26. The first-order valence-electron chi connectivity index (χ1n) is 10.3. The second kappa shape index (κ2) is 7.95. The van der Waals surface area contributed by atoms with Crippen LogP contribution in [0.25, 0.3) is 0 Å². The summed E-state index contributed by atoms with van der Waals surface area (Å²) >= 11 is 0. The SMILES string of the molecule is O=C(CN1CCc2ccccc21)N1N=C(c2ccc(F)cc2)C[C@@H]1c1ccc(F)cc1. The van der Waals surface area contributed by atoms with Gasteiger partial charge in [-0.15, -0.1) is 0 Å². The lowest BCUT2D eigenvalue weighted by atomic mass is 9.98. The maximum atomic E-state index is 13.5. The first-order chi connectivity index (χ1) is 15.1. The normalized spacial score (nSPS) is 17.6. The molecule has 0 spiro atoms. The quantitative estimate of drug-likeness (QED) is 0.617. The Balaban J connectivity index is 1.44. The number of hydrogen-bond donors (Lipinski definition) is 0. The fourth-order valence-corrected chi connectivity index (χ4v) is 4.31. The summed E-state index contributed by atoms with van der Waals surface area (Å²) in [7, 11) is 0. The molecule has 5 rings (SSSR count). The topological polar surface area (TPSA) is 35.9 Å². The Kier molecular flexibility index (Phi) is 4.98. The minimum absolute atomic E-state index is 0.122. The van der Waals surface area contributed by atoms with Crippen LogP contribution in [0.3, 0.4) is 0 Å². The molecule has 3 aromatic rings. The van der Waals surface area contributed by atoms with E-state index in [9.17, 15) is 13.6 Å². The maximum absolute atomic E-state index is 13.5. The number of halogens is 2. The van der Waals surface area contributed by atoms with Gasteiger partial charge in [0.25, 0.3) is 5.91 Å². The van der Waals surface area contributed by atoms with E-state index in [0.29, 0.717) is 12.1 Å². The average Bonchev–Trinajstić information content (AvgIpc) is 3.40. The van der Waals surface area contributed by atoms with E-state index in [1.165, 1.54) is 34.8 Å². The molecule has 2 aliphatic heterocycles. The molecule has 0 saturated carbocycles. The van der Waals surface area contributed by atoms with Gasteiger partial charge < -0.3 is 4.90 Å². The van der Waals surface area contributed by atoms with Gasteiger partial charge in [-0.05, 0) is 53.4 Å². The number of hydrogen-bond acceptors (Lipinski definition) is 3. The summed E-state index contributed by atoms with van der Waals surface area (Å²) in [6.45, 7) is 1.00. The van der Waals surface area contributed by atoms with E-state index >= 15 is 0 Å². The number of benzene rings is 3. The molecule has 156 valence electrons. The molecule has 0 radical (unpaired) electrons. The van der Waals surface area contributed by atoms with Crippen molar-refractivity contribution in [2.24, 2.45) is 5.10 Å². The van der Waals surface area contributed by atoms with Crippen LogP contribution in [0.5, 0.6) is 0 Å². The molecule has 0 saturated heterocycles. The van der Waals surface area contributed by atoms with Crippen molar-refractivity contribution in [1.82, 2.24) is 5.01 Å². The number of carbonyl (C=O) groups excluding carboxylic acids is 1. The summed E-state index contributed by atoms with van der Waals surface area (Å²) in [4.78, 5) is 15.4. The number of fused-ring (bicyclic) bond motifs is 1. The molecule has 0 aromatic heterocycles. The number of nitrogens with zero attached hydrogens (tertiary/aromatic N) is 3. The van der Waals surface area contributed by atoms with Crippen LogP contribution in [0.2, 0.25) is 0 Å². The highest BCUT2D eigenvalue weighted by Gasteiger charge is 2.34. The van der Waals surface area contributed by atoms with Gasteiger partial charge in [0, 0.05) is 18.7 Å². The van der Waals surface area contributed by atoms with Gasteiger partial charge in [-0.2, -0.15) is 5.10 Å². The Morgan fingerprint density at radius 2 is 1.61 bits per heavy atom. The molecule has 2 heterocycles. The Morgan fingerprint density at radius 1 is 0.935 bits per heavy atom. The molecule has 0 fully saturated rings. The summed E-state index contributed by atoms with van der Waals surface area (Å²) in [6.07, 6.45) is 1.40. The van der Waals surface area contributed by atoms with E-state index in [1.807, 2.05) is 18.2 Å². The summed E-state index contributed by atoms with van der Waals surface area (Å²) in [6, 6.07) is 20.0. The lowest BCUT2D eigenvalue weighted by Crippen LogP contribution is -2.37. The average molecular weight is 417 g/mol. The van der Waals surface area contributed by atoms with E-state index in [0.717, 1.165) is 29.8 Å². The van der Waals surface area contributed by atoms with E-state index < -0.39 is 0 Å². The van der Waals surface area contributed by atoms with Crippen molar-refractivity contribution in [2.45, 2.75) is 18.9 Å². The predicted molar refractivity (Wildman–Crippen MR) is 116 cm³/mol. The molecule has 0 unspecified atom stereocenters. The molecule has 4 nitrogen and oxygen atoms in total. The number of hydrazone groups is 1. The summed E-state index contributed by atoms with van der Waals surface area (Å²) < 4.78 is 26.8. The summed E-state index contributed by atoms with van der Waals surface area (Å²) in [5.74, 6) is -0.769. The van der Waals surface area contributed by atoms with Crippen molar-refractivity contribution >= 4 is 17.3 Å². The number of amides is 1. The molecule has 3 aromatic carbocycles. The number of carbonyl (C=O) groups is 1. The van der Waals surface area contributed by atoms with Crippen LogP contribution >= 0.6 is 0 Å². The molecule has 0 N–H and O–H groups in total. The predicted octanol–water partition coefficient (Wildman–Crippen LogP) is 4.71. The smallest absolute Gasteiger partial charge is 0.262 e. The minimum Gasteiger partial charge on any atom is -0.362 e. The van der Waals surface area contributed by atoms with Crippen molar-refractivity contribution in [3.05, 3.63) is 101 Å². The highest BCUT2D eigenvalue weighted by molar-refractivity contribution is 6.03. The Labute approximate surface area is 179 Å². The Bertz CT molecular complexity index is 1140. The van der Waals surface area contributed by atoms with Gasteiger partial charge >= 0.3 is 0 Å². The standard InChI is InChI=1S/C25H21F2N3O/c26-20-9-5-17(6-10-20)22-15-24(19-7-11-21(27)12-8-19)30(28-22)25(31)16-29-14-13-18-3-1-2-4-23(18)29/h1-12,24H,13-16H2/t24-/m1/s1. The fourth-order valence-electron chi connectivity index (χ4n) is 4.31. The number of rotatable bonds is 4. The van der Waals surface area contributed by atoms with E-state index in [4.69, 9.17) is 0 Å². The first kappa shape index (κ1) is 19.4. The van der Waals surface area contributed by atoms with Gasteiger partial charge in [0.05, 0.1) is 18.3 Å². The highest BCUT2D eigenvalue weighted by Crippen LogP contribution is 2.34. The van der Waals surface area contributed by atoms with Crippen LogP contribution in [0.4, 0.5) is 14.5 Å². The Hall–Kier alpha value is -3.54. The van der Waals surface area contributed by atoms with Crippen LogP contribution in [0.15, 0.2) is 77.9 Å². The zero-order valence-corrected chi connectivity index (χ0v) is 16.8. The van der Waals surface area contributed by atoms with Crippen LogP contribution < -0.4 is 4.90 Å². The van der Waals surface area contributed by atoms with E-state index in [-0.39, 0.29) is 30.1 Å². The second-order valence-corrected chi connectivity index (χ2v) is 7.86. The van der Waals surface area contributed by atoms with E-state index in [2.05, 4.69) is 16.1 Å². The monoisotopic (exact) mass is 417 g/mol. The molecule has 31 heavy (non-hydrogen) atoms. The third-order valence-electron chi connectivity index (χ3n) is 5.91. The van der Waals surface area contributed by atoms with Gasteiger partial charge in [0.2, 0.25) is 0 Å². The molecule has 1 amide bonds. The maximum Gasteiger partial charge on any atom is 0.262 e. The van der Waals surface area contributed by atoms with Crippen LogP contribution in [-0.2, 0) is 11.2 Å². The Morgan fingerprint density at radius 3 is 2.35 bits per heavy atom. The molecule has 0 bridgehead atoms. The van der Waals surface area contributed by atoms with Gasteiger partial charge in [-0.25, -0.2) is 13.8 Å². The van der Waals surface area contributed by atoms with Crippen molar-refractivity contribution in [2.75, 3.05) is 18.0 Å². The van der Waals surface area contributed by atoms with Gasteiger partial charge in [-0.3, -0.25) is 4.79 Å². The zero-order valence-electron chi connectivity index (χ0n) is 16.8. The highest BCUT2D eigenvalue weighted by atomic mass is 19.1. The number of para-hydroxylation sites is 1. The second-order valence-electron chi connectivity index (χ2n) is 7.86. The largest absolute Gasteiger partial charge is 0.362 e. The van der Waals surface area contributed by atoms with Gasteiger partial charge in [0.15, 0.2) is 0 Å². The molecule has 1 atom stereocenters. The minimum atomic E-state index is -0.328. The number of anilines is 1. The lowest BCUT2D eigenvalue weighted by molar-refractivity contribution is -0.131. The van der Waals surface area contributed by atoms with Gasteiger partial charge in [-0.1, -0.05) is 42.5 Å². The molecule has 6 heteroatoms. The fraction of sp³-hybridized carbons (Fsp3) is 0.200. The molecular weight excluding hydrogens is 396 g/mol. The summed E-state index contributed by atoms with van der Waals surface area (Å²) in [5, 5.41) is 6.13. The summed E-state index contributed by atoms with van der Waals surface area (Å²) in [5.41, 5.74) is 4.62. The zero-order chi connectivity index (χ0) is 21.4. The van der Waals surface area contributed by atoms with Crippen LogP contribution in [0.1, 0.15) is 29.2 Å². The van der Waals surface area contributed by atoms with Gasteiger partial charge in [0.1, 0.15) is 11.6 Å². The van der Waals surface area contributed by atoms with Crippen molar-refractivity contribution in [1.29, 1.82) is 0 Å². The molecule has 0 aliphatic carbocycles. The van der Waals surface area contributed by atoms with Crippen LogP contribution in [0, 0.1) is 11.6 Å². The van der Waals surface area contributed by atoms with Crippen LogP contribution in [-0.4, -0.2) is 29.7 Å². The molecular formula is C25H21F2N3O. The molecule has 2 aliphatic rings. The van der Waals surface area contributed by atoms with Crippen molar-refractivity contribution < 1.29 is 13.6 Å². The van der Waals surface area contributed by atoms with Crippen molar-refractivity contribution in [3.8, 4) is 0 Å². The first-order valence-corrected chi connectivity index (χ1v) is 10.3. The third-order valence-corrected chi connectivity index (χ3v) is 5.91.